The van der Waals surface area contributed by atoms with E-state index in [1.54, 1.807) is 0 Å². The van der Waals surface area contributed by atoms with E-state index in [1.807, 2.05) is 0 Å². The lowest BCUT2D eigenvalue weighted by Gasteiger charge is -2.28. The molecule has 86 valence electrons. The Morgan fingerprint density at radius 1 is 1.07 bits per heavy atom. The Balaban J connectivity index is 1.66. The lowest BCUT2D eigenvalue weighted by Crippen LogP contribution is -2.43. The van der Waals surface area contributed by atoms with Gasteiger partial charge < -0.3 is 10.8 Å². The molecule has 2 aliphatic carbocycles. The van der Waals surface area contributed by atoms with Crippen molar-refractivity contribution in [2.75, 3.05) is 13.1 Å². The molecule has 0 bridgehead atoms. The van der Waals surface area contributed by atoms with E-state index in [0.29, 0.717) is 18.0 Å². The molecule has 0 aromatic carbocycles. The summed E-state index contributed by atoms with van der Waals surface area (Å²) < 4.78 is 0. The Labute approximate surface area is 91.6 Å². The van der Waals surface area contributed by atoms with Gasteiger partial charge in [-0.15, -0.1) is 0 Å². The van der Waals surface area contributed by atoms with Gasteiger partial charge in [-0.1, -0.05) is 6.42 Å². The van der Waals surface area contributed by atoms with Crippen molar-refractivity contribution in [2.45, 2.75) is 50.3 Å². The van der Waals surface area contributed by atoms with Crippen molar-refractivity contribution >= 4 is 0 Å². The lowest BCUT2D eigenvalue weighted by molar-refractivity contribution is 0.116. The fraction of sp³-hybridized carbons (Fsp3) is 1.00. The highest BCUT2D eigenvalue weighted by Crippen LogP contribution is 2.40. The zero-order chi connectivity index (χ0) is 10.4. The number of nitrogens with two attached hydrogens (primary N) is 1. The maximum atomic E-state index is 9.87. The summed E-state index contributed by atoms with van der Waals surface area (Å²) in [6.07, 6.45) is 5.98. The Bertz CT molecular complexity index is 246. The highest BCUT2D eigenvalue weighted by Gasteiger charge is 2.45. The summed E-state index contributed by atoms with van der Waals surface area (Å²) in [6.45, 7) is 2.30. The third kappa shape index (κ3) is 1.61. The molecule has 15 heavy (non-hydrogen) atoms. The van der Waals surface area contributed by atoms with Gasteiger partial charge in [-0.3, -0.25) is 4.90 Å². The number of hydrogen-bond acceptors (Lipinski definition) is 3. The third-order valence-electron chi connectivity index (χ3n) is 4.85. The molecule has 3 nitrogen and oxygen atoms in total. The van der Waals surface area contributed by atoms with Gasteiger partial charge in [0.1, 0.15) is 0 Å². The van der Waals surface area contributed by atoms with Crippen LogP contribution in [-0.2, 0) is 0 Å². The van der Waals surface area contributed by atoms with Crippen molar-refractivity contribution in [3.63, 3.8) is 0 Å². The van der Waals surface area contributed by atoms with Crippen LogP contribution >= 0.6 is 0 Å². The molecule has 0 amide bonds. The van der Waals surface area contributed by atoms with E-state index in [1.165, 1.54) is 32.2 Å². The van der Waals surface area contributed by atoms with E-state index in [2.05, 4.69) is 4.90 Å². The number of aliphatic hydroxyl groups excluding tert-OH is 1. The molecular formula is C12H22N2O. The summed E-state index contributed by atoms with van der Waals surface area (Å²) in [4.78, 5) is 2.56. The predicted molar refractivity (Wildman–Crippen MR) is 59.4 cm³/mol. The first-order valence-corrected chi connectivity index (χ1v) is 6.43. The van der Waals surface area contributed by atoms with Crippen LogP contribution in [0.4, 0.5) is 0 Å². The molecule has 0 aromatic rings. The zero-order valence-electron chi connectivity index (χ0n) is 9.31. The van der Waals surface area contributed by atoms with Gasteiger partial charge in [0.05, 0.1) is 6.10 Å². The summed E-state index contributed by atoms with van der Waals surface area (Å²) in [5, 5.41) is 9.87. The molecule has 1 saturated heterocycles. The van der Waals surface area contributed by atoms with Crippen LogP contribution in [0.2, 0.25) is 0 Å². The van der Waals surface area contributed by atoms with Gasteiger partial charge in [0.25, 0.3) is 0 Å². The second kappa shape index (κ2) is 3.72. The predicted octanol–water partition coefficient (Wildman–Crippen LogP) is 0.569. The first-order valence-electron chi connectivity index (χ1n) is 6.43. The molecule has 3 aliphatic rings. The number of nitrogens with zero attached hydrogens (tertiary/aromatic N) is 1. The Kier molecular flexibility index (Phi) is 2.49. The molecule has 2 saturated carbocycles. The smallest absolute Gasteiger partial charge is 0.0583 e. The molecule has 1 aliphatic heterocycles. The summed E-state index contributed by atoms with van der Waals surface area (Å²) in [5.74, 6) is 1.31. The maximum absolute atomic E-state index is 9.87. The van der Waals surface area contributed by atoms with Gasteiger partial charge >= 0.3 is 0 Å². The molecule has 3 N–H and O–H groups in total. The monoisotopic (exact) mass is 210 g/mol. The van der Waals surface area contributed by atoms with Crippen molar-refractivity contribution in [1.29, 1.82) is 0 Å². The summed E-state index contributed by atoms with van der Waals surface area (Å²) >= 11 is 0. The van der Waals surface area contributed by atoms with E-state index in [4.69, 9.17) is 5.73 Å². The molecule has 0 aromatic heterocycles. The van der Waals surface area contributed by atoms with Crippen molar-refractivity contribution in [3.8, 4) is 0 Å². The molecule has 3 heteroatoms. The quantitative estimate of drug-likeness (QED) is 0.665. The minimum atomic E-state index is -0.0300. The topological polar surface area (TPSA) is 49.5 Å². The number of fused-ring (bicyclic) bond motifs is 1. The average Bonchev–Trinajstić information content (AvgIpc) is 2.84. The standard InChI is InChI=1S/C12H22N2O/c13-10-2-1-3-11(10)14-6-8-4-5-12(15)9(8)7-14/h8-12,15H,1-7,13H2. The van der Waals surface area contributed by atoms with Crippen LogP contribution in [0, 0.1) is 11.8 Å². The van der Waals surface area contributed by atoms with E-state index >= 15 is 0 Å². The molecule has 0 spiro atoms. The second-order valence-electron chi connectivity index (χ2n) is 5.68. The second-order valence-corrected chi connectivity index (χ2v) is 5.68. The first kappa shape index (κ1) is 10.1. The third-order valence-corrected chi connectivity index (χ3v) is 4.85. The number of rotatable bonds is 1. The van der Waals surface area contributed by atoms with Crippen LogP contribution in [0.15, 0.2) is 0 Å². The van der Waals surface area contributed by atoms with E-state index in [0.717, 1.165) is 18.9 Å². The van der Waals surface area contributed by atoms with Crippen molar-refractivity contribution in [3.05, 3.63) is 0 Å². The average molecular weight is 210 g/mol. The van der Waals surface area contributed by atoms with Crippen LogP contribution < -0.4 is 5.73 Å². The summed E-state index contributed by atoms with van der Waals surface area (Å²) in [7, 11) is 0. The normalized spacial score (nSPS) is 51.2. The SMILES string of the molecule is NC1CCCC1N1CC2CCC(O)C2C1. The Morgan fingerprint density at radius 2 is 1.93 bits per heavy atom. The van der Waals surface area contributed by atoms with Gasteiger partial charge in [-0.25, -0.2) is 0 Å². The van der Waals surface area contributed by atoms with Crippen molar-refractivity contribution in [1.82, 2.24) is 4.90 Å². The Hall–Kier alpha value is -0.120. The molecule has 5 atom stereocenters. The largest absolute Gasteiger partial charge is 0.393 e. The van der Waals surface area contributed by atoms with E-state index in [-0.39, 0.29) is 6.10 Å². The molecule has 5 unspecified atom stereocenters. The fourth-order valence-corrected chi connectivity index (χ4v) is 3.96. The van der Waals surface area contributed by atoms with Crippen LogP contribution in [-0.4, -0.2) is 41.3 Å². The number of aliphatic hydroxyl groups is 1. The van der Waals surface area contributed by atoms with Crippen LogP contribution in [0.25, 0.3) is 0 Å². The molecular weight excluding hydrogens is 188 g/mol. The molecule has 3 rings (SSSR count). The molecule has 1 heterocycles. The van der Waals surface area contributed by atoms with Crippen LogP contribution in [0.3, 0.4) is 0 Å². The fourth-order valence-electron chi connectivity index (χ4n) is 3.96. The maximum Gasteiger partial charge on any atom is 0.0583 e. The number of hydrogen-bond donors (Lipinski definition) is 2. The van der Waals surface area contributed by atoms with E-state index in [9.17, 15) is 5.11 Å². The van der Waals surface area contributed by atoms with E-state index < -0.39 is 0 Å². The Morgan fingerprint density at radius 3 is 2.60 bits per heavy atom. The van der Waals surface area contributed by atoms with Gasteiger partial charge in [0.2, 0.25) is 0 Å². The molecule has 3 fully saturated rings. The number of likely N-dealkylation sites (tertiary alicyclic amines) is 1. The van der Waals surface area contributed by atoms with Gasteiger partial charge in [0.15, 0.2) is 0 Å². The summed E-state index contributed by atoms with van der Waals surface area (Å²) in [6, 6.07) is 1.00. The van der Waals surface area contributed by atoms with Gasteiger partial charge in [0, 0.05) is 31.1 Å². The lowest BCUT2D eigenvalue weighted by atomic mass is 10.00. The minimum absolute atomic E-state index is 0.0300. The summed E-state index contributed by atoms with van der Waals surface area (Å²) in [5.41, 5.74) is 6.14. The first-order chi connectivity index (χ1) is 7.25. The van der Waals surface area contributed by atoms with Gasteiger partial charge in [-0.2, -0.15) is 0 Å². The highest BCUT2D eigenvalue weighted by atomic mass is 16.3. The molecule has 0 radical (unpaired) electrons. The van der Waals surface area contributed by atoms with Crippen molar-refractivity contribution < 1.29 is 5.11 Å². The van der Waals surface area contributed by atoms with Gasteiger partial charge in [-0.05, 0) is 31.6 Å². The van der Waals surface area contributed by atoms with Crippen LogP contribution in [0.5, 0.6) is 0 Å². The van der Waals surface area contributed by atoms with Crippen LogP contribution in [0.1, 0.15) is 32.1 Å². The van der Waals surface area contributed by atoms with Crippen molar-refractivity contribution in [2.24, 2.45) is 17.6 Å². The minimum Gasteiger partial charge on any atom is -0.393 e. The highest BCUT2D eigenvalue weighted by molar-refractivity contribution is 4.98. The zero-order valence-corrected chi connectivity index (χ0v) is 9.31.